The number of hydrogen-bond acceptors (Lipinski definition) is 8. The number of fused-ring (bicyclic) bond motifs is 2. The molecule has 0 radical (unpaired) electrons. The molecule has 2 aliphatic rings. The van der Waals surface area contributed by atoms with E-state index in [4.69, 9.17) is 4.74 Å². The molecule has 3 aromatic rings. The summed E-state index contributed by atoms with van der Waals surface area (Å²) in [7, 11) is -2.31. The molecular weight excluding hydrogens is 641 g/mol. The number of carbonyl (C=O) groups excluding carboxylic acids is 4. The van der Waals surface area contributed by atoms with E-state index < -0.39 is 57.5 Å². The highest BCUT2D eigenvalue weighted by Crippen LogP contribution is 2.32. The lowest BCUT2D eigenvalue weighted by atomic mass is 9.92. The minimum atomic E-state index is -5.13. The number of carbonyl (C=O) groups is 4. The van der Waals surface area contributed by atoms with Gasteiger partial charge < -0.3 is 30.9 Å². The third-order valence-corrected chi connectivity index (χ3v) is 9.71. The summed E-state index contributed by atoms with van der Waals surface area (Å²) in [6.45, 7) is 1.24. The normalized spacial score (nSPS) is 18.1. The van der Waals surface area contributed by atoms with Gasteiger partial charge >= 0.3 is 10.2 Å². The molecule has 14 heteroatoms. The molecule has 5 rings (SSSR count). The third-order valence-electron chi connectivity index (χ3n) is 8.89. The van der Waals surface area contributed by atoms with Gasteiger partial charge in [-0.3, -0.25) is 19.2 Å². The van der Waals surface area contributed by atoms with E-state index in [0.29, 0.717) is 0 Å². The number of benzene rings is 3. The summed E-state index contributed by atoms with van der Waals surface area (Å²) in [5.41, 5.74) is 3.66. The summed E-state index contributed by atoms with van der Waals surface area (Å²) in [5, 5.41) is 11.2. The number of methoxy groups -OCH3 is 1. The van der Waals surface area contributed by atoms with Gasteiger partial charge in [-0.15, -0.1) is 3.89 Å². The van der Waals surface area contributed by atoms with Gasteiger partial charge in [-0.1, -0.05) is 48.5 Å². The molecule has 0 saturated heterocycles. The Labute approximate surface area is 278 Å². The second-order valence-corrected chi connectivity index (χ2v) is 13.2. The Bertz CT molecular complexity index is 1840. The quantitative estimate of drug-likeness (QED) is 0.224. The van der Waals surface area contributed by atoms with Crippen LogP contribution in [0.3, 0.4) is 0 Å². The van der Waals surface area contributed by atoms with E-state index in [1.165, 1.54) is 12.0 Å². The predicted octanol–water partition coefficient (Wildman–Crippen LogP) is 1.93. The van der Waals surface area contributed by atoms with Crippen LogP contribution in [0.25, 0.3) is 0 Å². The van der Waals surface area contributed by atoms with Crippen LogP contribution in [0, 0.1) is 0 Å². The maximum atomic E-state index is 14.4. The van der Waals surface area contributed by atoms with Crippen molar-refractivity contribution >= 4 is 33.9 Å². The summed E-state index contributed by atoms with van der Waals surface area (Å²) in [6, 6.07) is 15.1. The lowest BCUT2D eigenvalue weighted by Gasteiger charge is -2.38. The highest BCUT2D eigenvalue weighted by atomic mass is 32.3. The first-order valence-corrected chi connectivity index (χ1v) is 16.9. The van der Waals surface area contributed by atoms with Gasteiger partial charge in [0.05, 0.1) is 29.7 Å². The monoisotopic (exact) mass is 679 g/mol. The van der Waals surface area contributed by atoms with Crippen molar-refractivity contribution in [2.24, 2.45) is 0 Å². The maximum Gasteiger partial charge on any atom is 0.332 e. The number of ether oxygens (including phenoxy) is 1. The number of amides is 4. The Hall–Kier alpha value is -4.82. The lowest BCUT2D eigenvalue weighted by Crippen LogP contribution is -2.61. The van der Waals surface area contributed by atoms with Crippen LogP contribution in [0.1, 0.15) is 52.0 Å². The van der Waals surface area contributed by atoms with Crippen LogP contribution in [0.15, 0.2) is 71.6 Å². The maximum absolute atomic E-state index is 14.4. The summed E-state index contributed by atoms with van der Waals surface area (Å²) >= 11 is 0. The van der Waals surface area contributed by atoms with Crippen molar-refractivity contribution in [2.75, 3.05) is 20.7 Å². The Balaban J connectivity index is 1.42. The van der Waals surface area contributed by atoms with Crippen LogP contribution in [0.5, 0.6) is 5.75 Å². The number of likely N-dealkylation sites (N-methyl/N-ethyl adjacent to an activating group) is 1. The van der Waals surface area contributed by atoms with Crippen LogP contribution in [-0.2, 0) is 44.0 Å². The van der Waals surface area contributed by atoms with Crippen molar-refractivity contribution in [2.45, 2.75) is 61.8 Å². The van der Waals surface area contributed by atoms with Crippen LogP contribution >= 0.6 is 0 Å². The molecule has 0 aromatic heterocycles. The van der Waals surface area contributed by atoms with Gasteiger partial charge in [0.1, 0.15) is 17.8 Å². The van der Waals surface area contributed by atoms with E-state index in [1.807, 2.05) is 48.5 Å². The van der Waals surface area contributed by atoms with E-state index in [2.05, 4.69) is 21.3 Å². The van der Waals surface area contributed by atoms with Crippen molar-refractivity contribution in [1.82, 2.24) is 26.2 Å². The SMILES string of the molecule is CN[C@@H](C)C(=O)N[C@@H](CNC(=O)c1cc(S(=O)(=O)F)ccc1OC)C(=O)N1Cc2ccccc2C[C@H]1C(=O)N[C@@H]1CCc2ccccc21. The molecule has 1 aliphatic carbocycles. The Morgan fingerprint density at radius 3 is 2.38 bits per heavy atom. The van der Waals surface area contributed by atoms with Crippen molar-refractivity contribution in [3.63, 3.8) is 0 Å². The topological polar surface area (TPSA) is 163 Å². The fourth-order valence-electron chi connectivity index (χ4n) is 6.10. The van der Waals surface area contributed by atoms with Crippen LogP contribution in [-0.4, -0.2) is 75.8 Å². The Morgan fingerprint density at radius 2 is 1.69 bits per heavy atom. The number of nitrogens with zero attached hydrogens (tertiary/aromatic N) is 1. The molecule has 1 aliphatic heterocycles. The van der Waals surface area contributed by atoms with Crippen molar-refractivity contribution in [1.29, 1.82) is 0 Å². The molecule has 0 saturated carbocycles. The molecular formula is C34H38FN5O7S. The molecule has 4 amide bonds. The van der Waals surface area contributed by atoms with Crippen LogP contribution in [0.2, 0.25) is 0 Å². The predicted molar refractivity (Wildman–Crippen MR) is 174 cm³/mol. The lowest BCUT2D eigenvalue weighted by molar-refractivity contribution is -0.144. The van der Waals surface area contributed by atoms with Crippen LogP contribution < -0.4 is 26.0 Å². The molecule has 4 N–H and O–H groups in total. The molecule has 0 bridgehead atoms. The van der Waals surface area contributed by atoms with Gasteiger partial charge in [0, 0.05) is 19.5 Å². The first-order chi connectivity index (χ1) is 22.9. The van der Waals surface area contributed by atoms with Crippen molar-refractivity contribution in [3.05, 3.63) is 94.5 Å². The minimum absolute atomic E-state index is 0.0338. The minimum Gasteiger partial charge on any atom is -0.496 e. The van der Waals surface area contributed by atoms with E-state index in [-0.39, 0.29) is 36.2 Å². The van der Waals surface area contributed by atoms with E-state index in [9.17, 15) is 31.5 Å². The average Bonchev–Trinajstić information content (AvgIpc) is 3.50. The number of rotatable bonds is 11. The second-order valence-electron chi connectivity index (χ2n) is 11.8. The number of nitrogens with one attached hydrogen (secondary N) is 4. The molecule has 12 nitrogen and oxygen atoms in total. The standard InChI is InChI=1S/C34H38FN5O7S/c1-20(36-2)31(41)39-28(18-37-32(42)26-17-24(48(35,45)46)13-15-30(26)47-3)34(44)40-19-23-10-5-4-9-22(23)16-29(40)33(43)38-27-14-12-21-8-6-7-11-25(21)27/h4-11,13,15,17,20,27-29,36H,12,14,16,18-19H2,1-3H3,(H,37,42)(H,38,43)(H,39,41)/t20-,27+,28-,29-/m0/s1. The molecule has 0 spiro atoms. The highest BCUT2D eigenvalue weighted by Gasteiger charge is 2.39. The molecule has 0 fully saturated rings. The first kappa shape index (κ1) is 34.5. The third kappa shape index (κ3) is 7.50. The second kappa shape index (κ2) is 14.5. The number of aryl methyl sites for hydroxylation is 1. The largest absolute Gasteiger partial charge is 0.496 e. The highest BCUT2D eigenvalue weighted by molar-refractivity contribution is 7.86. The molecule has 0 unspecified atom stereocenters. The average molecular weight is 680 g/mol. The summed E-state index contributed by atoms with van der Waals surface area (Å²) in [6.07, 6.45) is 1.78. The van der Waals surface area contributed by atoms with Gasteiger partial charge in [-0.25, -0.2) is 0 Å². The van der Waals surface area contributed by atoms with Gasteiger partial charge in [0.15, 0.2) is 0 Å². The van der Waals surface area contributed by atoms with E-state index in [1.54, 1.807) is 14.0 Å². The van der Waals surface area contributed by atoms with E-state index >= 15 is 0 Å². The van der Waals surface area contributed by atoms with Gasteiger partial charge in [-0.05, 0) is 67.3 Å². The van der Waals surface area contributed by atoms with Gasteiger partial charge in [0.25, 0.3) is 5.91 Å². The summed E-state index contributed by atoms with van der Waals surface area (Å²) in [4.78, 5) is 55.3. The molecule has 4 atom stereocenters. The summed E-state index contributed by atoms with van der Waals surface area (Å²) < 4.78 is 42.0. The van der Waals surface area contributed by atoms with Crippen molar-refractivity contribution in [3.8, 4) is 5.75 Å². The zero-order valence-corrected chi connectivity index (χ0v) is 27.6. The Kier molecular flexibility index (Phi) is 10.4. The first-order valence-electron chi connectivity index (χ1n) is 15.5. The van der Waals surface area contributed by atoms with Gasteiger partial charge in [-0.2, -0.15) is 8.42 Å². The number of halogens is 1. The molecule has 1 heterocycles. The smallest absolute Gasteiger partial charge is 0.332 e. The van der Waals surface area contributed by atoms with Crippen molar-refractivity contribution < 1.29 is 36.2 Å². The zero-order chi connectivity index (χ0) is 34.6. The molecule has 3 aromatic carbocycles. The van der Waals surface area contributed by atoms with Gasteiger partial charge in [0.2, 0.25) is 17.7 Å². The Morgan fingerprint density at radius 1 is 1.00 bits per heavy atom. The number of hydrogen-bond donors (Lipinski definition) is 4. The zero-order valence-electron chi connectivity index (χ0n) is 26.8. The fourth-order valence-corrected chi connectivity index (χ4v) is 6.59. The molecule has 254 valence electrons. The molecule has 48 heavy (non-hydrogen) atoms. The van der Waals surface area contributed by atoms with Crippen LogP contribution in [0.4, 0.5) is 3.89 Å². The fraction of sp³-hybridized carbons (Fsp3) is 0.353. The summed E-state index contributed by atoms with van der Waals surface area (Å²) in [5.74, 6) is -2.39. The van der Waals surface area contributed by atoms with E-state index in [0.717, 1.165) is 53.3 Å².